The third-order valence-electron chi connectivity index (χ3n) is 3.60. The predicted octanol–water partition coefficient (Wildman–Crippen LogP) is 3.87. The van der Waals surface area contributed by atoms with E-state index in [1.807, 2.05) is 6.07 Å². The minimum absolute atomic E-state index is 0.0399. The first-order valence-corrected chi connectivity index (χ1v) is 9.38. The zero-order valence-corrected chi connectivity index (χ0v) is 17.5. The molecule has 0 fully saturated rings. The van der Waals surface area contributed by atoms with Gasteiger partial charge in [-0.25, -0.2) is 5.43 Å². The molecule has 9 heteroatoms. The second-order valence-electron chi connectivity index (χ2n) is 5.89. The molecule has 0 spiro atoms. The first-order valence-electron chi connectivity index (χ1n) is 8.21. The molecule has 0 aliphatic heterocycles. The lowest BCUT2D eigenvalue weighted by atomic mass is 10.2. The van der Waals surface area contributed by atoms with Crippen molar-refractivity contribution in [3.63, 3.8) is 0 Å². The fourth-order valence-electron chi connectivity index (χ4n) is 2.16. The van der Waals surface area contributed by atoms with Gasteiger partial charge in [-0.15, -0.1) is 0 Å². The summed E-state index contributed by atoms with van der Waals surface area (Å²) in [5.41, 5.74) is 4.18. The Hall–Kier alpha value is -2.71. The highest BCUT2D eigenvalue weighted by Gasteiger charge is 2.15. The van der Waals surface area contributed by atoms with Gasteiger partial charge in [0.15, 0.2) is 0 Å². The molecule has 0 saturated heterocycles. The molecule has 2 aromatic rings. The first-order chi connectivity index (χ1) is 13.3. The molecule has 2 aromatic carbocycles. The Kier molecular flexibility index (Phi) is 7.71. The zero-order chi connectivity index (χ0) is 20.7. The molecule has 0 aliphatic carbocycles. The molecule has 0 bridgehead atoms. The smallest absolute Gasteiger partial charge is 0.326 e. The minimum Gasteiger partial charge on any atom is -0.326 e. The van der Waals surface area contributed by atoms with Crippen molar-refractivity contribution in [3.05, 3.63) is 57.5 Å². The highest BCUT2D eigenvalue weighted by molar-refractivity contribution is 9.10. The number of anilines is 2. The molecule has 3 amide bonds. The van der Waals surface area contributed by atoms with E-state index in [4.69, 9.17) is 11.6 Å². The summed E-state index contributed by atoms with van der Waals surface area (Å²) in [6.45, 7) is 3.29. The van der Waals surface area contributed by atoms with Gasteiger partial charge < -0.3 is 10.6 Å². The van der Waals surface area contributed by atoms with Gasteiger partial charge in [0, 0.05) is 26.6 Å². The summed E-state index contributed by atoms with van der Waals surface area (Å²) in [6.07, 6.45) is -0.0399. The molecule has 0 aromatic heterocycles. The molecule has 0 saturated carbocycles. The average Bonchev–Trinajstić information content (AvgIpc) is 2.63. The maximum absolute atomic E-state index is 12.0. The SMILES string of the molecule is C/C(CC(=O)Nc1cccc(Br)c1)=N\NC(=O)C(=O)Nc1cccc(Cl)c1C. The highest BCUT2D eigenvalue weighted by atomic mass is 79.9. The van der Waals surface area contributed by atoms with Crippen molar-refractivity contribution in [2.45, 2.75) is 20.3 Å². The van der Waals surface area contributed by atoms with E-state index >= 15 is 0 Å². The molecular weight excluding hydrogens is 448 g/mol. The molecule has 3 N–H and O–H groups in total. The minimum atomic E-state index is -0.953. The number of hydrazone groups is 1. The van der Waals surface area contributed by atoms with Crippen molar-refractivity contribution in [2.75, 3.05) is 10.6 Å². The molecule has 0 aliphatic rings. The summed E-state index contributed by atoms with van der Waals surface area (Å²) in [7, 11) is 0. The lowest BCUT2D eigenvalue weighted by Gasteiger charge is -2.09. The van der Waals surface area contributed by atoms with Crippen LogP contribution in [0.25, 0.3) is 0 Å². The van der Waals surface area contributed by atoms with Crippen LogP contribution in [0, 0.1) is 6.92 Å². The van der Waals surface area contributed by atoms with E-state index in [9.17, 15) is 14.4 Å². The van der Waals surface area contributed by atoms with E-state index in [0.717, 1.165) is 4.47 Å². The molecule has 0 atom stereocenters. The van der Waals surface area contributed by atoms with Crippen molar-refractivity contribution in [1.82, 2.24) is 5.43 Å². The monoisotopic (exact) mass is 464 g/mol. The van der Waals surface area contributed by atoms with Gasteiger partial charge in [-0.2, -0.15) is 5.10 Å². The van der Waals surface area contributed by atoms with Crippen LogP contribution in [0.15, 0.2) is 52.0 Å². The van der Waals surface area contributed by atoms with Crippen molar-refractivity contribution in [3.8, 4) is 0 Å². The van der Waals surface area contributed by atoms with Crippen molar-refractivity contribution >= 4 is 62.3 Å². The Labute approximate surface area is 175 Å². The van der Waals surface area contributed by atoms with Gasteiger partial charge in [0.25, 0.3) is 0 Å². The molecular formula is C19H18BrClN4O3. The van der Waals surface area contributed by atoms with Crippen molar-refractivity contribution in [1.29, 1.82) is 0 Å². The van der Waals surface area contributed by atoms with Crippen LogP contribution < -0.4 is 16.1 Å². The van der Waals surface area contributed by atoms with E-state index < -0.39 is 11.8 Å². The number of carbonyl (C=O) groups excluding carboxylic acids is 3. The largest absolute Gasteiger partial charge is 0.329 e. The average molecular weight is 466 g/mol. The summed E-state index contributed by atoms with van der Waals surface area (Å²) in [4.78, 5) is 35.9. The predicted molar refractivity (Wildman–Crippen MR) is 113 cm³/mol. The fourth-order valence-corrected chi connectivity index (χ4v) is 2.74. The Morgan fingerprint density at radius 3 is 2.50 bits per heavy atom. The molecule has 7 nitrogen and oxygen atoms in total. The van der Waals surface area contributed by atoms with Gasteiger partial charge in [0.1, 0.15) is 0 Å². The highest BCUT2D eigenvalue weighted by Crippen LogP contribution is 2.22. The van der Waals surface area contributed by atoms with Gasteiger partial charge in [-0.05, 0) is 49.7 Å². The van der Waals surface area contributed by atoms with E-state index in [1.165, 1.54) is 0 Å². The van der Waals surface area contributed by atoms with Crippen molar-refractivity contribution < 1.29 is 14.4 Å². The quantitative estimate of drug-likeness (QED) is 0.355. The number of benzene rings is 2. The van der Waals surface area contributed by atoms with Crippen LogP contribution in [0.5, 0.6) is 0 Å². The lowest BCUT2D eigenvalue weighted by molar-refractivity contribution is -0.136. The maximum Gasteiger partial charge on any atom is 0.329 e. The van der Waals surface area contributed by atoms with Crippen LogP contribution in [-0.2, 0) is 14.4 Å². The summed E-state index contributed by atoms with van der Waals surface area (Å²) in [5.74, 6) is -2.14. The van der Waals surface area contributed by atoms with Gasteiger partial charge in [-0.3, -0.25) is 14.4 Å². The number of carbonyl (C=O) groups is 3. The molecule has 2 rings (SSSR count). The summed E-state index contributed by atoms with van der Waals surface area (Å²) in [6, 6.07) is 12.1. The van der Waals surface area contributed by atoms with E-state index in [-0.39, 0.29) is 12.3 Å². The first kappa shape index (κ1) is 21.6. The second kappa shape index (κ2) is 10.0. The summed E-state index contributed by atoms with van der Waals surface area (Å²) in [5, 5.41) is 9.44. The van der Waals surface area contributed by atoms with Gasteiger partial charge >= 0.3 is 11.8 Å². The third kappa shape index (κ3) is 6.47. The van der Waals surface area contributed by atoms with Gasteiger partial charge in [-0.1, -0.05) is 39.7 Å². The number of halogens is 2. The van der Waals surface area contributed by atoms with Crippen LogP contribution in [0.1, 0.15) is 18.9 Å². The number of hydrogen-bond acceptors (Lipinski definition) is 4. The fraction of sp³-hybridized carbons (Fsp3) is 0.158. The van der Waals surface area contributed by atoms with Crippen LogP contribution >= 0.6 is 27.5 Å². The molecule has 0 unspecified atom stereocenters. The number of nitrogens with one attached hydrogen (secondary N) is 3. The third-order valence-corrected chi connectivity index (χ3v) is 4.50. The van der Waals surface area contributed by atoms with Crippen LogP contribution in [0.2, 0.25) is 5.02 Å². The summed E-state index contributed by atoms with van der Waals surface area (Å²) < 4.78 is 0.837. The maximum atomic E-state index is 12.0. The van der Waals surface area contributed by atoms with Gasteiger partial charge in [0.2, 0.25) is 5.91 Å². The molecule has 146 valence electrons. The van der Waals surface area contributed by atoms with Gasteiger partial charge in [0.05, 0.1) is 6.42 Å². The Morgan fingerprint density at radius 1 is 1.07 bits per heavy atom. The Balaban J connectivity index is 1.87. The molecule has 28 heavy (non-hydrogen) atoms. The van der Waals surface area contributed by atoms with E-state index in [1.54, 1.807) is 50.2 Å². The topological polar surface area (TPSA) is 99.7 Å². The Morgan fingerprint density at radius 2 is 1.79 bits per heavy atom. The van der Waals surface area contributed by atoms with Crippen LogP contribution in [-0.4, -0.2) is 23.4 Å². The Bertz CT molecular complexity index is 947. The molecule has 0 radical (unpaired) electrons. The van der Waals surface area contributed by atoms with Crippen molar-refractivity contribution in [2.24, 2.45) is 5.10 Å². The second-order valence-corrected chi connectivity index (χ2v) is 7.21. The standard InChI is InChI=1S/C19H18BrClN4O3/c1-11(9-17(26)22-14-6-3-5-13(20)10-14)24-25-19(28)18(27)23-16-8-4-7-15(21)12(16)2/h3-8,10H,9H2,1-2H3,(H,22,26)(H,23,27)(H,25,28)/b24-11+. The normalized spacial score (nSPS) is 10.9. The number of nitrogens with zero attached hydrogens (tertiary/aromatic N) is 1. The zero-order valence-electron chi connectivity index (χ0n) is 15.2. The van der Waals surface area contributed by atoms with E-state index in [0.29, 0.717) is 27.7 Å². The lowest BCUT2D eigenvalue weighted by Crippen LogP contribution is -2.33. The number of amides is 3. The summed E-state index contributed by atoms with van der Waals surface area (Å²) >= 11 is 9.30. The number of hydrogen-bond donors (Lipinski definition) is 3. The van der Waals surface area contributed by atoms with E-state index in [2.05, 4.69) is 37.1 Å². The molecule has 0 heterocycles. The van der Waals surface area contributed by atoms with Crippen LogP contribution in [0.4, 0.5) is 11.4 Å². The van der Waals surface area contributed by atoms with Crippen LogP contribution in [0.3, 0.4) is 0 Å². The number of rotatable bonds is 5.